The summed E-state index contributed by atoms with van der Waals surface area (Å²) in [4.78, 5) is 12.7. The first-order valence-electron chi connectivity index (χ1n) is 6.76. The number of hydrogen-bond acceptors (Lipinski definition) is 4. The maximum absolute atomic E-state index is 11.1. The van der Waals surface area contributed by atoms with Crippen LogP contribution >= 0.6 is 0 Å². The standard InChI is InChI=1S/C9H9NO2.C5H12N2/c11-9-10(6-7-12-9)8-4-2-1-3-5-8;6-7-4-2-1-3-5-7/h1-5H,6-7H2;1-6H2. The molecule has 1 amide bonds. The number of piperidine rings is 1. The fourth-order valence-electron chi connectivity index (χ4n) is 2.15. The summed E-state index contributed by atoms with van der Waals surface area (Å²) in [6, 6.07) is 9.52. The van der Waals surface area contributed by atoms with E-state index in [1.54, 1.807) is 4.90 Å². The van der Waals surface area contributed by atoms with E-state index in [2.05, 4.69) is 0 Å². The summed E-state index contributed by atoms with van der Waals surface area (Å²) in [5.41, 5.74) is 0.903. The monoisotopic (exact) mass is 263 g/mol. The summed E-state index contributed by atoms with van der Waals surface area (Å²) in [7, 11) is 0. The molecule has 0 aromatic heterocycles. The Labute approximate surface area is 113 Å². The molecule has 1 aromatic rings. The van der Waals surface area contributed by atoms with Gasteiger partial charge in [0.2, 0.25) is 0 Å². The van der Waals surface area contributed by atoms with Crippen molar-refractivity contribution < 1.29 is 9.53 Å². The van der Waals surface area contributed by atoms with Gasteiger partial charge in [0.05, 0.1) is 6.54 Å². The van der Waals surface area contributed by atoms with Crippen molar-refractivity contribution in [2.24, 2.45) is 5.84 Å². The molecular formula is C14H21N3O2. The van der Waals surface area contributed by atoms with Crippen LogP contribution in [0.2, 0.25) is 0 Å². The summed E-state index contributed by atoms with van der Waals surface area (Å²) < 4.78 is 4.81. The predicted molar refractivity (Wildman–Crippen MR) is 74.7 cm³/mol. The zero-order valence-corrected chi connectivity index (χ0v) is 11.1. The van der Waals surface area contributed by atoms with Crippen LogP contribution in [0.25, 0.3) is 0 Å². The summed E-state index contributed by atoms with van der Waals surface area (Å²) in [6.07, 6.45) is 3.70. The van der Waals surface area contributed by atoms with Gasteiger partial charge in [-0.2, -0.15) is 0 Å². The van der Waals surface area contributed by atoms with Crippen LogP contribution in [-0.4, -0.2) is 37.3 Å². The van der Waals surface area contributed by atoms with Crippen LogP contribution in [0.4, 0.5) is 10.5 Å². The lowest BCUT2D eigenvalue weighted by molar-refractivity contribution is 0.181. The zero-order chi connectivity index (χ0) is 13.5. The number of ether oxygens (including phenoxy) is 1. The normalized spacial score (nSPS) is 19.6. The van der Waals surface area contributed by atoms with Crippen LogP contribution < -0.4 is 10.7 Å². The topological polar surface area (TPSA) is 58.8 Å². The lowest BCUT2D eigenvalue weighted by atomic mass is 10.2. The molecule has 0 spiro atoms. The molecule has 104 valence electrons. The summed E-state index contributed by atoms with van der Waals surface area (Å²) in [5, 5.41) is 1.89. The van der Waals surface area contributed by atoms with Gasteiger partial charge in [-0.3, -0.25) is 10.7 Å². The quantitative estimate of drug-likeness (QED) is 0.787. The van der Waals surface area contributed by atoms with E-state index in [-0.39, 0.29) is 6.09 Å². The second kappa shape index (κ2) is 7.11. The number of nitrogens with two attached hydrogens (primary N) is 1. The van der Waals surface area contributed by atoms with E-state index in [0.717, 1.165) is 18.8 Å². The summed E-state index contributed by atoms with van der Waals surface area (Å²) in [6.45, 7) is 3.34. The molecule has 1 aromatic carbocycles. The Morgan fingerprint density at radius 3 is 2.16 bits per heavy atom. The number of hydrazine groups is 1. The van der Waals surface area contributed by atoms with Gasteiger partial charge in [-0.15, -0.1) is 0 Å². The highest BCUT2D eigenvalue weighted by Gasteiger charge is 2.22. The highest BCUT2D eigenvalue weighted by molar-refractivity contribution is 5.89. The van der Waals surface area contributed by atoms with Gasteiger partial charge in [0.25, 0.3) is 0 Å². The largest absolute Gasteiger partial charge is 0.447 e. The van der Waals surface area contributed by atoms with E-state index < -0.39 is 0 Å². The lowest BCUT2D eigenvalue weighted by Crippen LogP contribution is -2.35. The third-order valence-electron chi connectivity index (χ3n) is 3.22. The molecule has 3 rings (SSSR count). The number of hydrogen-bond donors (Lipinski definition) is 1. The van der Waals surface area contributed by atoms with Crippen molar-refractivity contribution in [3.8, 4) is 0 Å². The van der Waals surface area contributed by atoms with Gasteiger partial charge in [-0.05, 0) is 25.0 Å². The number of anilines is 1. The smallest absolute Gasteiger partial charge is 0.414 e. The molecule has 0 radical (unpaired) electrons. The Balaban J connectivity index is 0.000000163. The van der Waals surface area contributed by atoms with Crippen LogP contribution in [0.1, 0.15) is 19.3 Å². The van der Waals surface area contributed by atoms with Crippen LogP contribution in [0.5, 0.6) is 0 Å². The van der Waals surface area contributed by atoms with Crippen LogP contribution in [-0.2, 0) is 4.74 Å². The van der Waals surface area contributed by atoms with Crippen LogP contribution in [0, 0.1) is 0 Å². The highest BCUT2D eigenvalue weighted by atomic mass is 16.6. The Morgan fingerprint density at radius 2 is 1.68 bits per heavy atom. The van der Waals surface area contributed by atoms with Crippen molar-refractivity contribution in [2.75, 3.05) is 31.1 Å². The van der Waals surface area contributed by atoms with E-state index in [1.807, 2.05) is 35.3 Å². The molecule has 5 nitrogen and oxygen atoms in total. The first-order valence-corrected chi connectivity index (χ1v) is 6.76. The van der Waals surface area contributed by atoms with Crippen molar-refractivity contribution in [3.63, 3.8) is 0 Å². The average Bonchev–Trinajstić information content (AvgIpc) is 2.88. The van der Waals surface area contributed by atoms with Crippen molar-refractivity contribution in [1.29, 1.82) is 0 Å². The fraction of sp³-hybridized carbons (Fsp3) is 0.500. The number of cyclic esters (lactones) is 1. The molecule has 2 aliphatic heterocycles. The van der Waals surface area contributed by atoms with Crippen molar-refractivity contribution in [2.45, 2.75) is 19.3 Å². The number of carbonyl (C=O) groups is 1. The number of rotatable bonds is 1. The molecule has 2 saturated heterocycles. The minimum Gasteiger partial charge on any atom is -0.447 e. The Hall–Kier alpha value is -1.59. The summed E-state index contributed by atoms with van der Waals surface area (Å²) in [5.74, 6) is 5.47. The van der Waals surface area contributed by atoms with Gasteiger partial charge in [-0.25, -0.2) is 9.80 Å². The number of benzene rings is 1. The Kier molecular flexibility index (Phi) is 5.18. The first-order chi connectivity index (χ1) is 9.27. The molecular weight excluding hydrogens is 242 g/mol. The van der Waals surface area contributed by atoms with E-state index in [1.165, 1.54) is 19.3 Å². The van der Waals surface area contributed by atoms with Gasteiger partial charge in [0.15, 0.2) is 0 Å². The Bertz CT molecular complexity index is 391. The van der Waals surface area contributed by atoms with E-state index in [4.69, 9.17) is 10.6 Å². The molecule has 0 unspecified atom stereocenters. The number of nitrogens with zero attached hydrogens (tertiary/aromatic N) is 2. The van der Waals surface area contributed by atoms with Gasteiger partial charge >= 0.3 is 6.09 Å². The number of carbonyl (C=O) groups excluding carboxylic acids is 1. The third kappa shape index (κ3) is 4.22. The van der Waals surface area contributed by atoms with E-state index in [0.29, 0.717) is 13.2 Å². The molecule has 0 saturated carbocycles. The minimum atomic E-state index is -0.249. The molecule has 2 fully saturated rings. The van der Waals surface area contributed by atoms with Crippen LogP contribution in [0.3, 0.4) is 0 Å². The van der Waals surface area contributed by atoms with Gasteiger partial charge in [-0.1, -0.05) is 24.6 Å². The van der Waals surface area contributed by atoms with Crippen molar-refractivity contribution >= 4 is 11.8 Å². The molecule has 5 heteroatoms. The fourth-order valence-corrected chi connectivity index (χ4v) is 2.15. The van der Waals surface area contributed by atoms with Gasteiger partial charge < -0.3 is 4.74 Å². The van der Waals surface area contributed by atoms with E-state index in [9.17, 15) is 4.79 Å². The van der Waals surface area contributed by atoms with Gasteiger partial charge in [0, 0.05) is 18.8 Å². The molecule has 0 bridgehead atoms. The molecule has 2 N–H and O–H groups in total. The number of amides is 1. The molecule has 2 aliphatic rings. The molecule has 19 heavy (non-hydrogen) atoms. The average molecular weight is 263 g/mol. The number of para-hydroxylation sites is 1. The highest BCUT2D eigenvalue weighted by Crippen LogP contribution is 2.17. The maximum Gasteiger partial charge on any atom is 0.414 e. The molecule has 0 aliphatic carbocycles. The second-order valence-electron chi connectivity index (χ2n) is 4.70. The SMILES string of the molecule is NN1CCCCC1.O=C1OCCN1c1ccccc1. The third-order valence-corrected chi connectivity index (χ3v) is 3.22. The molecule has 2 heterocycles. The lowest BCUT2D eigenvalue weighted by Gasteiger charge is -2.20. The van der Waals surface area contributed by atoms with E-state index >= 15 is 0 Å². The summed E-state index contributed by atoms with van der Waals surface area (Å²) >= 11 is 0. The van der Waals surface area contributed by atoms with Crippen molar-refractivity contribution in [1.82, 2.24) is 5.01 Å². The van der Waals surface area contributed by atoms with Gasteiger partial charge in [0.1, 0.15) is 6.61 Å². The Morgan fingerprint density at radius 1 is 1.00 bits per heavy atom. The first kappa shape index (κ1) is 13.8. The second-order valence-corrected chi connectivity index (χ2v) is 4.70. The minimum absolute atomic E-state index is 0.249. The zero-order valence-electron chi connectivity index (χ0n) is 11.1. The molecule has 0 atom stereocenters. The van der Waals surface area contributed by atoms with Crippen LogP contribution in [0.15, 0.2) is 30.3 Å². The maximum atomic E-state index is 11.1. The predicted octanol–water partition coefficient (Wildman–Crippen LogP) is 1.99. The van der Waals surface area contributed by atoms with Crippen molar-refractivity contribution in [3.05, 3.63) is 30.3 Å².